The first-order valence-corrected chi connectivity index (χ1v) is 9.13. The Kier molecular flexibility index (Phi) is 6.01. The minimum atomic E-state index is -4.84. The number of alkyl halides is 3. The molecule has 0 fully saturated rings. The van der Waals surface area contributed by atoms with Crippen molar-refractivity contribution in [3.8, 4) is 17.0 Å². The van der Waals surface area contributed by atoms with Crippen LogP contribution in [0.15, 0.2) is 48.5 Å². The lowest BCUT2D eigenvalue weighted by Gasteiger charge is -2.21. The quantitative estimate of drug-likeness (QED) is 0.460. The molecule has 0 unspecified atom stereocenters. The van der Waals surface area contributed by atoms with Crippen molar-refractivity contribution in [3.05, 3.63) is 60.2 Å². The summed E-state index contributed by atoms with van der Waals surface area (Å²) in [6.07, 6.45) is -4.84. The fourth-order valence-electron chi connectivity index (χ4n) is 2.63. The second-order valence-electron chi connectivity index (χ2n) is 7.66. The Labute approximate surface area is 175 Å². The van der Waals surface area contributed by atoms with Crippen LogP contribution in [-0.4, -0.2) is 21.9 Å². The van der Waals surface area contributed by atoms with Crippen molar-refractivity contribution < 1.29 is 26.7 Å². The van der Waals surface area contributed by atoms with Crippen molar-refractivity contribution >= 4 is 17.5 Å². The van der Waals surface area contributed by atoms with Crippen LogP contribution in [0.2, 0.25) is 0 Å². The lowest BCUT2D eigenvalue weighted by Crippen LogP contribution is -2.27. The maximum atomic E-state index is 14.0. The SMILES string of the molecule is CC(C)(C)Nc1nc(Nc2cc(F)ccc2F)cc(-c2cccc(OC(F)(F)F)c2)n1. The fraction of sp³-hybridized carbons (Fsp3) is 0.238. The monoisotopic (exact) mass is 438 g/mol. The number of anilines is 3. The molecule has 0 aliphatic carbocycles. The summed E-state index contributed by atoms with van der Waals surface area (Å²) < 4.78 is 69.2. The standard InChI is InChI=1S/C21H19F5N4O/c1-20(2,3)30-19-28-16(12-5-4-6-14(9-12)31-21(24,25)26)11-18(29-19)27-17-10-13(22)7-8-15(17)23/h4-11H,1-3H3,(H2,27,28,29,30). The number of nitrogens with one attached hydrogen (secondary N) is 2. The highest BCUT2D eigenvalue weighted by molar-refractivity contribution is 5.68. The molecule has 5 nitrogen and oxygen atoms in total. The van der Waals surface area contributed by atoms with Gasteiger partial charge in [-0.15, -0.1) is 13.2 Å². The van der Waals surface area contributed by atoms with Crippen LogP contribution >= 0.6 is 0 Å². The van der Waals surface area contributed by atoms with E-state index in [9.17, 15) is 22.0 Å². The van der Waals surface area contributed by atoms with Crippen LogP contribution in [0.5, 0.6) is 5.75 Å². The minimum Gasteiger partial charge on any atom is -0.406 e. The topological polar surface area (TPSA) is 59.1 Å². The van der Waals surface area contributed by atoms with Crippen molar-refractivity contribution in [2.75, 3.05) is 10.6 Å². The van der Waals surface area contributed by atoms with Gasteiger partial charge in [-0.3, -0.25) is 0 Å². The van der Waals surface area contributed by atoms with E-state index >= 15 is 0 Å². The van der Waals surface area contributed by atoms with E-state index < -0.39 is 29.3 Å². The van der Waals surface area contributed by atoms with Crippen LogP contribution in [0.4, 0.5) is 39.4 Å². The molecule has 0 saturated heterocycles. The Bertz CT molecular complexity index is 1080. The van der Waals surface area contributed by atoms with Gasteiger partial charge in [0.1, 0.15) is 23.2 Å². The van der Waals surface area contributed by atoms with Gasteiger partial charge in [0.2, 0.25) is 5.95 Å². The van der Waals surface area contributed by atoms with E-state index in [1.54, 1.807) is 6.07 Å². The Morgan fingerprint density at radius 1 is 0.903 bits per heavy atom. The Morgan fingerprint density at radius 2 is 1.65 bits per heavy atom. The highest BCUT2D eigenvalue weighted by Gasteiger charge is 2.31. The lowest BCUT2D eigenvalue weighted by molar-refractivity contribution is -0.274. The van der Waals surface area contributed by atoms with Gasteiger partial charge in [0.25, 0.3) is 0 Å². The molecule has 1 heterocycles. The van der Waals surface area contributed by atoms with Crippen molar-refractivity contribution in [2.45, 2.75) is 32.7 Å². The number of nitrogens with zero attached hydrogens (tertiary/aromatic N) is 2. The molecule has 0 saturated carbocycles. The summed E-state index contributed by atoms with van der Waals surface area (Å²) in [5.41, 5.74) is -0.0422. The predicted molar refractivity (Wildman–Crippen MR) is 107 cm³/mol. The zero-order chi connectivity index (χ0) is 22.8. The van der Waals surface area contributed by atoms with Crippen molar-refractivity contribution in [3.63, 3.8) is 0 Å². The number of hydrogen-bond donors (Lipinski definition) is 2. The van der Waals surface area contributed by atoms with Crippen LogP contribution in [0.3, 0.4) is 0 Å². The summed E-state index contributed by atoms with van der Waals surface area (Å²) in [4.78, 5) is 8.60. The maximum absolute atomic E-state index is 14.0. The molecular weight excluding hydrogens is 419 g/mol. The van der Waals surface area contributed by atoms with E-state index in [1.807, 2.05) is 20.8 Å². The first-order valence-electron chi connectivity index (χ1n) is 9.13. The molecule has 0 radical (unpaired) electrons. The van der Waals surface area contributed by atoms with Gasteiger partial charge in [0.05, 0.1) is 11.4 Å². The molecule has 0 aliphatic heterocycles. The van der Waals surface area contributed by atoms with Gasteiger partial charge in [-0.25, -0.2) is 13.8 Å². The third kappa shape index (κ3) is 6.53. The lowest BCUT2D eigenvalue weighted by atomic mass is 10.1. The molecule has 0 aliphatic rings. The summed E-state index contributed by atoms with van der Waals surface area (Å²) in [5.74, 6) is -1.51. The van der Waals surface area contributed by atoms with Crippen LogP contribution in [0.1, 0.15) is 20.8 Å². The molecule has 10 heteroatoms. The highest BCUT2D eigenvalue weighted by atomic mass is 19.4. The van der Waals surface area contributed by atoms with Crippen molar-refractivity contribution in [2.24, 2.45) is 0 Å². The predicted octanol–water partition coefficient (Wildman–Crippen LogP) is 6.27. The van der Waals surface area contributed by atoms with Gasteiger partial charge in [0, 0.05) is 23.2 Å². The number of aromatic nitrogens is 2. The smallest absolute Gasteiger partial charge is 0.406 e. The van der Waals surface area contributed by atoms with E-state index in [-0.39, 0.29) is 23.1 Å². The number of hydrogen-bond acceptors (Lipinski definition) is 5. The molecule has 2 aromatic carbocycles. The summed E-state index contributed by atoms with van der Waals surface area (Å²) in [5, 5.41) is 5.74. The molecule has 2 N–H and O–H groups in total. The minimum absolute atomic E-state index is 0.114. The molecule has 0 atom stereocenters. The average molecular weight is 438 g/mol. The first kappa shape index (κ1) is 22.3. The van der Waals surface area contributed by atoms with Crippen molar-refractivity contribution in [1.82, 2.24) is 9.97 Å². The molecule has 3 rings (SSSR count). The summed E-state index contributed by atoms with van der Waals surface area (Å²) in [6.45, 7) is 5.58. The van der Waals surface area contributed by atoms with Gasteiger partial charge in [-0.05, 0) is 45.0 Å². The number of ether oxygens (including phenoxy) is 1. The van der Waals surface area contributed by atoms with Crippen LogP contribution in [-0.2, 0) is 0 Å². The van der Waals surface area contributed by atoms with Gasteiger partial charge in [0.15, 0.2) is 0 Å². The molecule has 0 bridgehead atoms. The van der Waals surface area contributed by atoms with Crippen LogP contribution < -0.4 is 15.4 Å². The number of rotatable bonds is 5. The van der Waals surface area contributed by atoms with Crippen molar-refractivity contribution in [1.29, 1.82) is 0 Å². The largest absolute Gasteiger partial charge is 0.573 e. The summed E-state index contributed by atoms with van der Waals surface area (Å²) in [7, 11) is 0. The summed E-state index contributed by atoms with van der Waals surface area (Å²) in [6, 6.07) is 9.57. The van der Waals surface area contributed by atoms with E-state index in [2.05, 4.69) is 25.3 Å². The highest BCUT2D eigenvalue weighted by Crippen LogP contribution is 2.30. The molecule has 0 amide bonds. The molecule has 3 aromatic rings. The van der Waals surface area contributed by atoms with Gasteiger partial charge < -0.3 is 15.4 Å². The second kappa shape index (κ2) is 8.37. The number of halogens is 5. The third-order valence-electron chi connectivity index (χ3n) is 3.77. The summed E-state index contributed by atoms with van der Waals surface area (Å²) >= 11 is 0. The Balaban J connectivity index is 2.03. The van der Waals surface area contributed by atoms with E-state index in [1.165, 1.54) is 18.2 Å². The third-order valence-corrected chi connectivity index (χ3v) is 3.77. The normalized spacial score (nSPS) is 11.9. The first-order chi connectivity index (χ1) is 14.4. The fourth-order valence-corrected chi connectivity index (χ4v) is 2.63. The molecule has 0 spiro atoms. The Hall–Kier alpha value is -3.43. The van der Waals surface area contributed by atoms with Gasteiger partial charge in [-0.2, -0.15) is 4.98 Å². The van der Waals surface area contributed by atoms with Crippen LogP contribution in [0, 0.1) is 11.6 Å². The average Bonchev–Trinajstić information content (AvgIpc) is 2.62. The van der Waals surface area contributed by atoms with E-state index in [0.29, 0.717) is 5.56 Å². The Morgan fingerprint density at radius 3 is 2.32 bits per heavy atom. The zero-order valence-corrected chi connectivity index (χ0v) is 16.8. The van der Waals surface area contributed by atoms with Crippen LogP contribution in [0.25, 0.3) is 11.3 Å². The molecular formula is C21H19F5N4O. The molecule has 1 aromatic heterocycles. The number of benzene rings is 2. The second-order valence-corrected chi connectivity index (χ2v) is 7.66. The molecule has 31 heavy (non-hydrogen) atoms. The van der Waals surface area contributed by atoms with Gasteiger partial charge in [-0.1, -0.05) is 12.1 Å². The maximum Gasteiger partial charge on any atom is 0.573 e. The van der Waals surface area contributed by atoms with E-state index in [4.69, 9.17) is 0 Å². The zero-order valence-electron chi connectivity index (χ0n) is 16.8. The molecule has 164 valence electrons. The van der Waals surface area contributed by atoms with E-state index in [0.717, 1.165) is 24.3 Å². The van der Waals surface area contributed by atoms with Gasteiger partial charge >= 0.3 is 6.36 Å².